The van der Waals surface area contributed by atoms with Gasteiger partial charge in [0.2, 0.25) is 0 Å². The van der Waals surface area contributed by atoms with E-state index in [1.807, 2.05) is 25.8 Å². The predicted octanol–water partition coefficient (Wildman–Crippen LogP) is 0.261. The zero-order valence-electron chi connectivity index (χ0n) is 9.44. The topological polar surface area (TPSA) is 75.3 Å². The van der Waals surface area contributed by atoms with Crippen LogP contribution in [0.25, 0.3) is 0 Å². The molecule has 3 N–H and O–H groups in total. The maximum atomic E-state index is 9.19. The van der Waals surface area contributed by atoms with Gasteiger partial charge in [-0.2, -0.15) is 0 Å². The number of anilines is 1. The minimum absolute atomic E-state index is 0.103. The molecule has 5 nitrogen and oxygen atoms in total. The zero-order valence-corrected chi connectivity index (χ0v) is 9.44. The van der Waals surface area contributed by atoms with E-state index in [0.29, 0.717) is 12.4 Å². The van der Waals surface area contributed by atoms with Crippen LogP contribution >= 0.6 is 0 Å². The average Bonchev–Trinajstić information content (AvgIpc) is 2.21. The number of hydrogen-bond donors (Lipinski definition) is 2. The molecule has 15 heavy (non-hydrogen) atoms. The highest BCUT2D eigenvalue weighted by atomic mass is 16.3. The number of nitrogens with zero attached hydrogens (tertiary/aromatic N) is 3. The molecule has 0 fully saturated rings. The highest BCUT2D eigenvalue weighted by Crippen LogP contribution is 2.13. The first-order chi connectivity index (χ1) is 6.95. The Hall–Kier alpha value is -1.20. The van der Waals surface area contributed by atoms with E-state index in [4.69, 9.17) is 5.73 Å². The number of rotatable bonds is 4. The van der Waals surface area contributed by atoms with Gasteiger partial charge < -0.3 is 10.8 Å². The molecule has 0 aliphatic rings. The molecular weight excluding hydrogens is 192 g/mol. The summed E-state index contributed by atoms with van der Waals surface area (Å²) in [5, 5.41) is 9.19. The van der Waals surface area contributed by atoms with Gasteiger partial charge in [0, 0.05) is 12.1 Å². The second kappa shape index (κ2) is 4.55. The van der Waals surface area contributed by atoms with Gasteiger partial charge in [0.1, 0.15) is 5.82 Å². The Morgan fingerprint density at radius 3 is 2.53 bits per heavy atom. The van der Waals surface area contributed by atoms with Crippen molar-refractivity contribution in [2.24, 2.45) is 0 Å². The van der Waals surface area contributed by atoms with Crippen LogP contribution in [-0.4, -0.2) is 39.2 Å². The molecular formula is C10H18N4O. The molecule has 0 aliphatic carbocycles. The molecule has 1 aromatic heterocycles. The van der Waals surface area contributed by atoms with Crippen molar-refractivity contribution < 1.29 is 5.11 Å². The van der Waals surface area contributed by atoms with Crippen LogP contribution in [0.15, 0.2) is 12.4 Å². The summed E-state index contributed by atoms with van der Waals surface area (Å²) in [7, 11) is 1.94. The van der Waals surface area contributed by atoms with Gasteiger partial charge in [0.25, 0.3) is 0 Å². The summed E-state index contributed by atoms with van der Waals surface area (Å²) in [5.41, 5.74) is 6.02. The third kappa shape index (κ3) is 3.14. The molecule has 1 rings (SSSR count). The van der Waals surface area contributed by atoms with Crippen LogP contribution in [0.1, 0.15) is 19.5 Å². The van der Waals surface area contributed by atoms with Gasteiger partial charge in [-0.25, -0.2) is 4.98 Å². The Kier molecular flexibility index (Phi) is 3.60. The van der Waals surface area contributed by atoms with E-state index in [9.17, 15) is 5.11 Å². The Morgan fingerprint density at radius 1 is 1.40 bits per heavy atom. The van der Waals surface area contributed by atoms with Crippen molar-refractivity contribution in [3.8, 4) is 0 Å². The van der Waals surface area contributed by atoms with Crippen molar-refractivity contribution in [1.82, 2.24) is 14.9 Å². The molecule has 0 saturated heterocycles. The molecule has 5 heteroatoms. The molecule has 84 valence electrons. The zero-order chi connectivity index (χ0) is 11.5. The fourth-order valence-corrected chi connectivity index (χ4v) is 1.02. The van der Waals surface area contributed by atoms with Crippen LogP contribution in [0, 0.1) is 0 Å². The molecule has 0 aromatic carbocycles. The molecule has 0 aliphatic heterocycles. The van der Waals surface area contributed by atoms with Crippen LogP contribution in [0.5, 0.6) is 0 Å². The van der Waals surface area contributed by atoms with Crippen LogP contribution in [0.4, 0.5) is 5.82 Å². The lowest BCUT2D eigenvalue weighted by molar-refractivity contribution is 0.0724. The number of aliphatic hydroxyl groups is 1. The monoisotopic (exact) mass is 210 g/mol. The molecule has 0 unspecified atom stereocenters. The molecule has 0 bridgehead atoms. The maximum Gasteiger partial charge on any atom is 0.141 e. The SMILES string of the molecule is CN(Cc1cnc(N)cn1)C(C)(C)CO. The van der Waals surface area contributed by atoms with Crippen LogP contribution in [-0.2, 0) is 6.54 Å². The van der Waals surface area contributed by atoms with E-state index in [-0.39, 0.29) is 12.1 Å². The van der Waals surface area contributed by atoms with E-state index in [2.05, 4.69) is 9.97 Å². The van der Waals surface area contributed by atoms with Gasteiger partial charge in [-0.15, -0.1) is 0 Å². The Labute approximate surface area is 90.0 Å². The lowest BCUT2D eigenvalue weighted by atomic mass is 10.1. The fraction of sp³-hybridized carbons (Fsp3) is 0.600. The van der Waals surface area contributed by atoms with E-state index in [1.54, 1.807) is 6.20 Å². The highest BCUT2D eigenvalue weighted by Gasteiger charge is 2.22. The van der Waals surface area contributed by atoms with Crippen molar-refractivity contribution in [2.75, 3.05) is 19.4 Å². The summed E-state index contributed by atoms with van der Waals surface area (Å²) in [6.07, 6.45) is 3.19. The fourth-order valence-electron chi connectivity index (χ4n) is 1.02. The van der Waals surface area contributed by atoms with Crippen LogP contribution < -0.4 is 5.73 Å². The molecule has 0 radical (unpaired) electrons. The van der Waals surface area contributed by atoms with Gasteiger partial charge >= 0.3 is 0 Å². The first-order valence-corrected chi connectivity index (χ1v) is 4.84. The van der Waals surface area contributed by atoms with Crippen molar-refractivity contribution in [3.05, 3.63) is 18.1 Å². The smallest absolute Gasteiger partial charge is 0.141 e. The molecule has 1 aromatic rings. The second-order valence-electron chi connectivity index (χ2n) is 4.26. The van der Waals surface area contributed by atoms with Gasteiger partial charge in [0.05, 0.1) is 24.7 Å². The Balaban J connectivity index is 2.66. The van der Waals surface area contributed by atoms with Gasteiger partial charge in [-0.05, 0) is 20.9 Å². The summed E-state index contributed by atoms with van der Waals surface area (Å²) in [6, 6.07) is 0. The third-order valence-electron chi connectivity index (χ3n) is 2.54. The minimum atomic E-state index is -0.261. The quantitative estimate of drug-likeness (QED) is 0.745. The summed E-state index contributed by atoms with van der Waals surface area (Å²) in [5.74, 6) is 0.419. The number of likely N-dealkylation sites (N-methyl/N-ethyl adjacent to an activating group) is 1. The highest BCUT2D eigenvalue weighted by molar-refractivity contribution is 5.22. The van der Waals surface area contributed by atoms with Crippen molar-refractivity contribution in [2.45, 2.75) is 25.9 Å². The van der Waals surface area contributed by atoms with Gasteiger partial charge in [-0.1, -0.05) is 0 Å². The number of aliphatic hydroxyl groups excluding tert-OH is 1. The molecule has 0 spiro atoms. The molecule has 0 saturated carbocycles. The molecule has 0 atom stereocenters. The first kappa shape index (κ1) is 11.9. The van der Waals surface area contributed by atoms with E-state index in [1.165, 1.54) is 6.20 Å². The van der Waals surface area contributed by atoms with Crippen LogP contribution in [0.3, 0.4) is 0 Å². The lowest BCUT2D eigenvalue weighted by Gasteiger charge is -2.33. The molecule has 1 heterocycles. The lowest BCUT2D eigenvalue weighted by Crippen LogP contribution is -2.43. The normalized spacial score (nSPS) is 12.1. The maximum absolute atomic E-state index is 9.19. The van der Waals surface area contributed by atoms with Crippen molar-refractivity contribution in [1.29, 1.82) is 0 Å². The van der Waals surface area contributed by atoms with Gasteiger partial charge in [0.15, 0.2) is 0 Å². The minimum Gasteiger partial charge on any atom is -0.394 e. The average molecular weight is 210 g/mol. The number of hydrogen-bond acceptors (Lipinski definition) is 5. The summed E-state index contributed by atoms with van der Waals surface area (Å²) in [4.78, 5) is 10.1. The van der Waals surface area contributed by atoms with Crippen molar-refractivity contribution >= 4 is 5.82 Å². The standard InChI is InChI=1S/C10H18N4O/c1-10(2,7-15)14(3)6-8-4-13-9(11)5-12-8/h4-5,15H,6-7H2,1-3H3,(H2,11,13). The van der Waals surface area contributed by atoms with Crippen LogP contribution in [0.2, 0.25) is 0 Å². The number of aromatic nitrogens is 2. The summed E-state index contributed by atoms with van der Waals surface area (Å²) < 4.78 is 0. The second-order valence-corrected chi connectivity index (χ2v) is 4.26. The Morgan fingerprint density at radius 2 is 2.07 bits per heavy atom. The van der Waals surface area contributed by atoms with Crippen molar-refractivity contribution in [3.63, 3.8) is 0 Å². The third-order valence-corrected chi connectivity index (χ3v) is 2.54. The largest absolute Gasteiger partial charge is 0.394 e. The first-order valence-electron chi connectivity index (χ1n) is 4.84. The van der Waals surface area contributed by atoms with E-state index >= 15 is 0 Å². The van der Waals surface area contributed by atoms with E-state index < -0.39 is 0 Å². The van der Waals surface area contributed by atoms with E-state index in [0.717, 1.165) is 5.69 Å². The summed E-state index contributed by atoms with van der Waals surface area (Å²) in [6.45, 7) is 4.68. The van der Waals surface area contributed by atoms with Gasteiger partial charge in [-0.3, -0.25) is 9.88 Å². The molecule has 0 amide bonds. The predicted molar refractivity (Wildman–Crippen MR) is 59.1 cm³/mol. The number of nitrogens with two attached hydrogens (primary N) is 1. The number of nitrogen functional groups attached to an aromatic ring is 1. The Bertz CT molecular complexity index is 310. The summed E-state index contributed by atoms with van der Waals surface area (Å²) >= 11 is 0.